The zero-order chi connectivity index (χ0) is 13.7. The van der Waals surface area contributed by atoms with Crippen molar-refractivity contribution in [2.24, 2.45) is 0 Å². The summed E-state index contributed by atoms with van der Waals surface area (Å²) in [6, 6.07) is 6.78. The molecule has 6 heteroatoms. The number of thiazole rings is 1. The standard InChI is InChI=1S/C13H14N2O3S/c1-17-10-5-3-9(4-6-10)15-12(13(16)18-2)11-7-14-8-19-11/h3-8,12,15H,1-2H3. The van der Waals surface area contributed by atoms with Crippen LogP contribution in [0.5, 0.6) is 5.75 Å². The Balaban J connectivity index is 2.18. The first-order valence-electron chi connectivity index (χ1n) is 5.61. The van der Waals surface area contributed by atoms with Gasteiger partial charge in [0.2, 0.25) is 0 Å². The van der Waals surface area contributed by atoms with Crippen molar-refractivity contribution in [1.82, 2.24) is 4.98 Å². The molecule has 2 rings (SSSR count). The molecule has 1 N–H and O–H groups in total. The molecule has 1 aromatic heterocycles. The maximum Gasteiger partial charge on any atom is 0.333 e. The molecule has 0 saturated heterocycles. The van der Waals surface area contributed by atoms with Crippen LogP contribution in [0.3, 0.4) is 0 Å². The first-order chi connectivity index (χ1) is 9.24. The van der Waals surface area contributed by atoms with Gasteiger partial charge in [-0.2, -0.15) is 0 Å². The zero-order valence-electron chi connectivity index (χ0n) is 10.6. The van der Waals surface area contributed by atoms with E-state index in [1.807, 2.05) is 24.3 Å². The average Bonchev–Trinajstić information content (AvgIpc) is 2.98. The topological polar surface area (TPSA) is 60.5 Å². The van der Waals surface area contributed by atoms with Gasteiger partial charge in [0.05, 0.1) is 24.6 Å². The van der Waals surface area contributed by atoms with E-state index in [1.165, 1.54) is 18.4 Å². The van der Waals surface area contributed by atoms with Crippen molar-refractivity contribution >= 4 is 23.0 Å². The van der Waals surface area contributed by atoms with Crippen LogP contribution in [0.25, 0.3) is 0 Å². The summed E-state index contributed by atoms with van der Waals surface area (Å²) in [4.78, 5) is 16.6. The molecule has 0 aliphatic rings. The summed E-state index contributed by atoms with van der Waals surface area (Å²) in [5.41, 5.74) is 2.49. The number of anilines is 1. The highest BCUT2D eigenvalue weighted by Crippen LogP contribution is 2.24. The predicted molar refractivity (Wildman–Crippen MR) is 73.5 cm³/mol. The molecule has 5 nitrogen and oxygen atoms in total. The van der Waals surface area contributed by atoms with Crippen molar-refractivity contribution in [3.05, 3.63) is 40.8 Å². The number of ether oxygens (including phenoxy) is 2. The maximum atomic E-state index is 11.8. The highest BCUT2D eigenvalue weighted by Gasteiger charge is 2.22. The Labute approximate surface area is 115 Å². The van der Waals surface area contributed by atoms with Crippen molar-refractivity contribution in [3.63, 3.8) is 0 Å². The fraction of sp³-hybridized carbons (Fsp3) is 0.231. The number of aromatic nitrogens is 1. The van der Waals surface area contributed by atoms with Gasteiger partial charge in [-0.3, -0.25) is 4.98 Å². The van der Waals surface area contributed by atoms with Crippen LogP contribution in [0.15, 0.2) is 36.0 Å². The van der Waals surface area contributed by atoms with Gasteiger partial charge in [0.15, 0.2) is 6.04 Å². The zero-order valence-corrected chi connectivity index (χ0v) is 11.4. The van der Waals surface area contributed by atoms with E-state index in [4.69, 9.17) is 9.47 Å². The fourth-order valence-electron chi connectivity index (χ4n) is 1.59. The Kier molecular flexibility index (Phi) is 4.35. The van der Waals surface area contributed by atoms with Crippen LogP contribution in [-0.2, 0) is 9.53 Å². The number of nitrogens with one attached hydrogen (secondary N) is 1. The Morgan fingerprint density at radius 3 is 2.58 bits per heavy atom. The van der Waals surface area contributed by atoms with Gasteiger partial charge < -0.3 is 14.8 Å². The minimum absolute atomic E-state index is 0.347. The van der Waals surface area contributed by atoms with Crippen molar-refractivity contribution < 1.29 is 14.3 Å². The SMILES string of the molecule is COC(=O)C(Nc1ccc(OC)cc1)c1cncs1. The second kappa shape index (κ2) is 6.19. The summed E-state index contributed by atoms with van der Waals surface area (Å²) in [7, 11) is 2.98. The average molecular weight is 278 g/mol. The van der Waals surface area contributed by atoms with Gasteiger partial charge in [0.1, 0.15) is 5.75 Å². The molecule has 0 fully saturated rings. The van der Waals surface area contributed by atoms with Crippen molar-refractivity contribution in [1.29, 1.82) is 0 Å². The molecule has 1 aromatic carbocycles. The first-order valence-corrected chi connectivity index (χ1v) is 6.49. The third-order valence-electron chi connectivity index (χ3n) is 2.57. The van der Waals surface area contributed by atoms with Gasteiger partial charge in [-0.15, -0.1) is 11.3 Å². The number of rotatable bonds is 5. The molecule has 1 heterocycles. The first kappa shape index (κ1) is 13.4. The van der Waals surface area contributed by atoms with E-state index in [-0.39, 0.29) is 5.97 Å². The molecule has 0 amide bonds. The summed E-state index contributed by atoms with van der Waals surface area (Å²) in [5, 5.41) is 3.12. The molecular formula is C13H14N2O3S. The van der Waals surface area contributed by atoms with Gasteiger partial charge in [-0.05, 0) is 24.3 Å². The molecular weight excluding hydrogens is 264 g/mol. The molecule has 19 heavy (non-hydrogen) atoms. The van der Waals surface area contributed by atoms with E-state index in [1.54, 1.807) is 18.8 Å². The predicted octanol–water partition coefficient (Wildman–Crippen LogP) is 2.48. The summed E-state index contributed by atoms with van der Waals surface area (Å²) < 4.78 is 9.89. The van der Waals surface area contributed by atoms with Crippen molar-refractivity contribution in [2.75, 3.05) is 19.5 Å². The van der Waals surface area contributed by atoms with Crippen molar-refractivity contribution in [2.45, 2.75) is 6.04 Å². The summed E-state index contributed by atoms with van der Waals surface area (Å²) in [5.74, 6) is 0.415. The number of esters is 1. The monoisotopic (exact) mass is 278 g/mol. The number of hydrogen-bond acceptors (Lipinski definition) is 6. The minimum atomic E-state index is -0.550. The van der Waals surface area contributed by atoms with Crippen LogP contribution < -0.4 is 10.1 Å². The van der Waals surface area contributed by atoms with E-state index in [9.17, 15) is 4.79 Å². The Bertz CT molecular complexity index is 525. The lowest BCUT2D eigenvalue weighted by molar-refractivity contribution is -0.141. The van der Waals surface area contributed by atoms with Gasteiger partial charge in [0.25, 0.3) is 0 Å². The van der Waals surface area contributed by atoms with Crippen LogP contribution in [-0.4, -0.2) is 25.2 Å². The fourth-order valence-corrected chi connectivity index (χ4v) is 2.24. The lowest BCUT2D eigenvalue weighted by Crippen LogP contribution is -2.21. The molecule has 0 aliphatic carbocycles. The second-order valence-electron chi connectivity index (χ2n) is 3.73. The van der Waals surface area contributed by atoms with E-state index >= 15 is 0 Å². The lowest BCUT2D eigenvalue weighted by Gasteiger charge is -2.16. The summed E-state index contributed by atoms with van der Waals surface area (Å²) in [6.45, 7) is 0. The van der Waals surface area contributed by atoms with Gasteiger partial charge >= 0.3 is 5.97 Å². The quantitative estimate of drug-likeness (QED) is 0.851. The largest absolute Gasteiger partial charge is 0.497 e. The van der Waals surface area contributed by atoms with Crippen molar-refractivity contribution in [3.8, 4) is 5.75 Å². The Morgan fingerprint density at radius 2 is 2.05 bits per heavy atom. The minimum Gasteiger partial charge on any atom is -0.497 e. The Hall–Kier alpha value is -2.08. The summed E-state index contributed by atoms with van der Waals surface area (Å²) in [6.07, 6.45) is 1.66. The number of methoxy groups -OCH3 is 2. The second-order valence-corrected chi connectivity index (χ2v) is 4.65. The van der Waals surface area contributed by atoms with Crippen LogP contribution >= 0.6 is 11.3 Å². The molecule has 0 spiro atoms. The number of carbonyl (C=O) groups excluding carboxylic acids is 1. The Morgan fingerprint density at radius 1 is 1.32 bits per heavy atom. The highest BCUT2D eigenvalue weighted by atomic mass is 32.1. The number of hydrogen-bond donors (Lipinski definition) is 1. The van der Waals surface area contributed by atoms with Crippen LogP contribution in [0.4, 0.5) is 5.69 Å². The van der Waals surface area contributed by atoms with E-state index in [0.29, 0.717) is 0 Å². The molecule has 0 aliphatic heterocycles. The van der Waals surface area contributed by atoms with Crippen LogP contribution in [0, 0.1) is 0 Å². The van der Waals surface area contributed by atoms with Crippen LogP contribution in [0.1, 0.15) is 10.9 Å². The lowest BCUT2D eigenvalue weighted by atomic mass is 10.2. The normalized spacial score (nSPS) is 11.7. The third kappa shape index (κ3) is 3.23. The van der Waals surface area contributed by atoms with E-state index < -0.39 is 6.04 Å². The van der Waals surface area contributed by atoms with Gasteiger partial charge in [-0.1, -0.05) is 0 Å². The van der Waals surface area contributed by atoms with E-state index in [0.717, 1.165) is 16.3 Å². The smallest absolute Gasteiger partial charge is 0.333 e. The van der Waals surface area contributed by atoms with Gasteiger partial charge in [-0.25, -0.2) is 4.79 Å². The summed E-state index contributed by atoms with van der Waals surface area (Å²) >= 11 is 1.40. The molecule has 0 radical (unpaired) electrons. The van der Waals surface area contributed by atoms with Gasteiger partial charge in [0, 0.05) is 11.9 Å². The highest BCUT2D eigenvalue weighted by molar-refractivity contribution is 7.09. The molecule has 100 valence electrons. The molecule has 1 atom stereocenters. The number of benzene rings is 1. The molecule has 1 unspecified atom stereocenters. The molecule has 0 bridgehead atoms. The van der Waals surface area contributed by atoms with E-state index in [2.05, 4.69) is 10.3 Å². The molecule has 2 aromatic rings. The number of carbonyl (C=O) groups is 1. The number of nitrogens with zero attached hydrogens (tertiary/aromatic N) is 1. The maximum absolute atomic E-state index is 11.8. The molecule has 0 saturated carbocycles. The third-order valence-corrected chi connectivity index (χ3v) is 3.41. The van der Waals surface area contributed by atoms with Crippen LogP contribution in [0.2, 0.25) is 0 Å².